The van der Waals surface area contributed by atoms with Crippen molar-refractivity contribution in [1.29, 1.82) is 0 Å². The molecule has 3 saturated heterocycles. The Bertz CT molecular complexity index is 1600. The van der Waals surface area contributed by atoms with Gasteiger partial charge >= 0.3 is 18.0 Å². The van der Waals surface area contributed by atoms with Crippen molar-refractivity contribution in [2.24, 2.45) is 5.41 Å². The van der Waals surface area contributed by atoms with Crippen molar-refractivity contribution >= 4 is 28.1 Å². The van der Waals surface area contributed by atoms with Crippen LogP contribution in [0.15, 0.2) is 52.0 Å². The average molecular weight is 733 g/mol. The predicted octanol–water partition coefficient (Wildman–Crippen LogP) is 5.77. The van der Waals surface area contributed by atoms with Crippen LogP contribution in [0, 0.1) is 5.41 Å². The fraction of sp³-hybridized carbons (Fsp3) is 0.649. The van der Waals surface area contributed by atoms with Crippen LogP contribution in [0.4, 0.5) is 4.79 Å². The van der Waals surface area contributed by atoms with E-state index in [1.165, 1.54) is 23.1 Å². The number of likely N-dealkylation sites (tertiary alicyclic amines) is 1. The number of aryl methyl sites for hydroxylation is 1. The van der Waals surface area contributed by atoms with Gasteiger partial charge in [0.15, 0.2) is 12.5 Å². The van der Waals surface area contributed by atoms with Crippen LogP contribution in [0.5, 0.6) is 0 Å². The second-order valence-corrected chi connectivity index (χ2v) is 16.6. The predicted molar refractivity (Wildman–Crippen MR) is 185 cm³/mol. The zero-order valence-corrected chi connectivity index (χ0v) is 31.2. The van der Waals surface area contributed by atoms with Gasteiger partial charge in [0.25, 0.3) is 0 Å². The highest BCUT2D eigenvalue weighted by molar-refractivity contribution is 7.89. The van der Waals surface area contributed by atoms with Crippen molar-refractivity contribution in [2.45, 2.75) is 121 Å². The van der Waals surface area contributed by atoms with Gasteiger partial charge in [0.1, 0.15) is 11.4 Å². The first-order valence-corrected chi connectivity index (χ1v) is 19.3. The van der Waals surface area contributed by atoms with Crippen molar-refractivity contribution in [2.75, 3.05) is 32.9 Å². The molecule has 1 aromatic carbocycles. The lowest BCUT2D eigenvalue weighted by atomic mass is 9.66. The van der Waals surface area contributed by atoms with E-state index in [1.54, 1.807) is 57.4 Å². The maximum Gasteiger partial charge on any atom is 0.413 e. The van der Waals surface area contributed by atoms with Crippen molar-refractivity contribution in [1.82, 2.24) is 9.21 Å². The Balaban J connectivity index is 1.54. The van der Waals surface area contributed by atoms with Gasteiger partial charge in [0.2, 0.25) is 10.0 Å². The molecule has 1 amide bonds. The summed E-state index contributed by atoms with van der Waals surface area (Å²) in [5.74, 6) is -0.656. The molecule has 5 rings (SSSR count). The Hall–Kier alpha value is -3.46. The highest BCUT2D eigenvalue weighted by Crippen LogP contribution is 2.56. The highest BCUT2D eigenvalue weighted by Gasteiger charge is 2.63. The SMILES string of the molecule is CC(=O)OCCCc1cc([C@H]2CCN(S(=O)(=O)c3ccccc3)C[C@]23C[C@@H](CCOC2CCCCO2)N(C(=O)OC(C)(C)C)C3OC(C)=O)co1. The number of nitrogens with zero attached hydrogens (tertiary/aromatic N) is 2. The molecule has 3 fully saturated rings. The number of hydrogen-bond donors (Lipinski definition) is 0. The summed E-state index contributed by atoms with van der Waals surface area (Å²) in [6, 6.07) is 9.64. The van der Waals surface area contributed by atoms with E-state index >= 15 is 0 Å². The van der Waals surface area contributed by atoms with Crippen LogP contribution < -0.4 is 0 Å². The molecule has 0 radical (unpaired) electrons. The number of carbonyl (C=O) groups excluding carboxylic acids is 3. The van der Waals surface area contributed by atoms with Crippen LogP contribution in [-0.4, -0.2) is 92.7 Å². The zero-order chi connectivity index (χ0) is 36.8. The van der Waals surface area contributed by atoms with E-state index < -0.39 is 45.4 Å². The van der Waals surface area contributed by atoms with Crippen molar-refractivity contribution < 1.29 is 50.9 Å². The number of rotatable bonds is 12. The molecule has 5 atom stereocenters. The lowest BCUT2D eigenvalue weighted by Crippen LogP contribution is -2.57. The van der Waals surface area contributed by atoms with Gasteiger partial charge in [-0.1, -0.05) is 18.2 Å². The zero-order valence-electron chi connectivity index (χ0n) is 30.3. The summed E-state index contributed by atoms with van der Waals surface area (Å²) >= 11 is 0. The second-order valence-electron chi connectivity index (χ2n) is 14.7. The van der Waals surface area contributed by atoms with Gasteiger partial charge in [-0.05, 0) is 89.5 Å². The smallest absolute Gasteiger partial charge is 0.413 e. The summed E-state index contributed by atoms with van der Waals surface area (Å²) in [6.45, 7) is 9.26. The lowest BCUT2D eigenvalue weighted by molar-refractivity contribution is -0.169. The van der Waals surface area contributed by atoms with Crippen molar-refractivity contribution in [3.05, 3.63) is 54.0 Å². The molecule has 2 unspecified atom stereocenters. The largest absolute Gasteiger partial charge is 0.469 e. The number of amides is 1. The van der Waals surface area contributed by atoms with E-state index in [1.807, 2.05) is 6.07 Å². The molecule has 0 bridgehead atoms. The Morgan fingerprint density at radius 3 is 2.45 bits per heavy atom. The van der Waals surface area contributed by atoms with Gasteiger partial charge in [-0.3, -0.25) is 14.5 Å². The minimum absolute atomic E-state index is 0.0256. The van der Waals surface area contributed by atoms with Crippen LogP contribution in [0.1, 0.15) is 96.8 Å². The van der Waals surface area contributed by atoms with E-state index in [0.717, 1.165) is 24.8 Å². The minimum Gasteiger partial charge on any atom is -0.469 e. The monoisotopic (exact) mass is 732 g/mol. The number of benzene rings is 1. The topological polar surface area (TPSA) is 151 Å². The summed E-state index contributed by atoms with van der Waals surface area (Å²) in [7, 11) is -3.96. The fourth-order valence-corrected chi connectivity index (χ4v) is 9.13. The van der Waals surface area contributed by atoms with Gasteiger partial charge in [-0.15, -0.1) is 0 Å². The standard InChI is InChI=1S/C37H52N2O11S/c1-26(40)45-20-11-12-30-22-28(24-48-30)32-16-18-38(51(43,44)31-13-7-6-8-14-31)25-37(32)23-29(17-21-47-33-15-9-10-19-46-33)39(34(37)49-27(2)41)35(42)50-36(3,4)5/h6-8,13-14,22,24,29,32-34H,9-12,15-21,23,25H2,1-5H3/t29-,32-,33?,34?,37-/m1/s1. The van der Waals surface area contributed by atoms with Crippen LogP contribution in [0.25, 0.3) is 0 Å². The number of furan rings is 1. The summed E-state index contributed by atoms with van der Waals surface area (Å²) < 4.78 is 64.8. The van der Waals surface area contributed by atoms with Gasteiger partial charge in [-0.25, -0.2) is 13.2 Å². The van der Waals surface area contributed by atoms with E-state index in [9.17, 15) is 22.8 Å². The Labute approximate surface area is 300 Å². The number of sulfonamides is 1. The first kappa shape index (κ1) is 38.8. The van der Waals surface area contributed by atoms with Crippen molar-refractivity contribution in [3.8, 4) is 0 Å². The van der Waals surface area contributed by atoms with E-state index in [-0.39, 0.29) is 49.4 Å². The van der Waals surface area contributed by atoms with Crippen molar-refractivity contribution in [3.63, 3.8) is 0 Å². The van der Waals surface area contributed by atoms with E-state index in [0.29, 0.717) is 44.5 Å². The van der Waals surface area contributed by atoms with Gasteiger partial charge in [0, 0.05) is 57.3 Å². The normalized spacial score (nSPS) is 25.9. The number of hydrogen-bond acceptors (Lipinski definition) is 11. The molecule has 1 aromatic heterocycles. The van der Waals surface area contributed by atoms with Crippen LogP contribution >= 0.6 is 0 Å². The number of piperidine rings is 1. The third kappa shape index (κ3) is 9.51. The highest BCUT2D eigenvalue weighted by atomic mass is 32.2. The minimum atomic E-state index is -3.96. The molecule has 0 aliphatic carbocycles. The molecule has 3 aliphatic rings. The summed E-state index contributed by atoms with van der Waals surface area (Å²) in [5, 5.41) is 0. The van der Waals surface area contributed by atoms with E-state index in [2.05, 4.69) is 0 Å². The number of esters is 2. The van der Waals surface area contributed by atoms with Crippen LogP contribution in [0.3, 0.4) is 0 Å². The molecule has 4 heterocycles. The molecular formula is C37H52N2O11S. The molecule has 14 heteroatoms. The molecule has 3 aliphatic heterocycles. The fourth-order valence-electron chi connectivity index (χ4n) is 7.57. The first-order chi connectivity index (χ1) is 24.2. The molecule has 282 valence electrons. The van der Waals surface area contributed by atoms with Gasteiger partial charge in [-0.2, -0.15) is 4.31 Å². The number of ether oxygens (including phenoxy) is 5. The molecule has 0 N–H and O–H groups in total. The summed E-state index contributed by atoms with van der Waals surface area (Å²) in [6.07, 6.45) is 4.38. The summed E-state index contributed by atoms with van der Waals surface area (Å²) in [5.41, 5.74) is -1.14. The average Bonchev–Trinajstić information content (AvgIpc) is 3.65. The molecule has 2 aromatic rings. The van der Waals surface area contributed by atoms with E-state index in [4.69, 9.17) is 28.1 Å². The molecule has 0 saturated carbocycles. The number of carbonyl (C=O) groups is 3. The maximum absolute atomic E-state index is 14.2. The summed E-state index contributed by atoms with van der Waals surface area (Å²) in [4.78, 5) is 40.0. The molecule has 51 heavy (non-hydrogen) atoms. The Morgan fingerprint density at radius 2 is 1.78 bits per heavy atom. The molecule has 13 nitrogen and oxygen atoms in total. The Morgan fingerprint density at radius 1 is 1.02 bits per heavy atom. The molecular weight excluding hydrogens is 680 g/mol. The quantitative estimate of drug-likeness (QED) is 0.149. The Kier molecular flexibility index (Phi) is 12.5. The lowest BCUT2D eigenvalue weighted by Gasteiger charge is -2.48. The molecule has 1 spiro atoms. The van der Waals surface area contributed by atoms with Crippen LogP contribution in [0.2, 0.25) is 0 Å². The second kappa shape index (κ2) is 16.5. The third-order valence-corrected chi connectivity index (χ3v) is 11.5. The van der Waals surface area contributed by atoms with Crippen LogP contribution in [-0.2, 0) is 49.7 Å². The van der Waals surface area contributed by atoms with Gasteiger partial charge < -0.3 is 28.1 Å². The van der Waals surface area contributed by atoms with Gasteiger partial charge in [0.05, 0.1) is 24.4 Å². The maximum atomic E-state index is 14.2. The first-order valence-electron chi connectivity index (χ1n) is 17.9. The third-order valence-electron chi connectivity index (χ3n) is 9.69.